The predicted molar refractivity (Wildman–Crippen MR) is 114 cm³/mol. The third kappa shape index (κ3) is 5.44. The van der Waals surface area contributed by atoms with Crippen molar-refractivity contribution in [1.82, 2.24) is 0 Å². The molecule has 4 N–H and O–H groups in total. The van der Waals surface area contributed by atoms with Crippen LogP contribution in [-0.2, 0) is 4.79 Å². The maximum absolute atomic E-state index is 13.2. The average Bonchev–Trinajstić information content (AvgIpc) is 2.75. The molecule has 0 spiro atoms. The van der Waals surface area contributed by atoms with Crippen molar-refractivity contribution in [2.45, 2.75) is 19.1 Å². The van der Waals surface area contributed by atoms with Crippen molar-refractivity contribution >= 4 is 11.6 Å². The standard InChI is InChI=1S/C24H26N2O3/c1-17-13-14-22(29-2)20(15-17)26-24(28)23(19-11-7-4-8-12-19)25-16-21(27)18-9-5-3-6-10-18/h3-15,21,23,25,27H,16H2,1-2H3,(H,26,28)/p+1/t21-,23-/m1/s1. The Morgan fingerprint density at radius 1 is 1.00 bits per heavy atom. The number of amides is 1. The molecule has 1 amide bonds. The van der Waals surface area contributed by atoms with Gasteiger partial charge >= 0.3 is 0 Å². The Bertz CT molecular complexity index is 929. The third-order valence-corrected chi connectivity index (χ3v) is 4.83. The first-order chi connectivity index (χ1) is 14.1. The zero-order chi connectivity index (χ0) is 20.6. The fourth-order valence-corrected chi connectivity index (χ4v) is 3.26. The number of hydrogen-bond acceptors (Lipinski definition) is 3. The highest BCUT2D eigenvalue weighted by Gasteiger charge is 2.26. The highest BCUT2D eigenvalue weighted by molar-refractivity contribution is 5.95. The number of aryl methyl sites for hydroxylation is 1. The lowest BCUT2D eigenvalue weighted by Gasteiger charge is -2.19. The Hall–Kier alpha value is -3.15. The summed E-state index contributed by atoms with van der Waals surface area (Å²) >= 11 is 0. The summed E-state index contributed by atoms with van der Waals surface area (Å²) in [6.45, 7) is 2.33. The van der Waals surface area contributed by atoms with Crippen LogP contribution >= 0.6 is 0 Å². The number of aliphatic hydroxyl groups excluding tert-OH is 1. The first-order valence-electron chi connectivity index (χ1n) is 9.65. The molecular weight excluding hydrogens is 364 g/mol. The lowest BCUT2D eigenvalue weighted by molar-refractivity contribution is -0.689. The molecule has 0 heterocycles. The van der Waals surface area contributed by atoms with E-state index in [9.17, 15) is 9.90 Å². The minimum atomic E-state index is -0.663. The van der Waals surface area contributed by atoms with Gasteiger partial charge in [0.05, 0.1) is 12.8 Å². The number of carbonyl (C=O) groups excluding carboxylic acids is 1. The van der Waals surface area contributed by atoms with Gasteiger partial charge in [-0.25, -0.2) is 0 Å². The molecule has 0 saturated heterocycles. The van der Waals surface area contributed by atoms with Gasteiger partial charge < -0.3 is 20.5 Å². The monoisotopic (exact) mass is 391 g/mol. The highest BCUT2D eigenvalue weighted by Crippen LogP contribution is 2.26. The summed E-state index contributed by atoms with van der Waals surface area (Å²) in [4.78, 5) is 13.2. The molecule has 0 aliphatic carbocycles. The molecule has 0 aliphatic rings. The van der Waals surface area contributed by atoms with Gasteiger partial charge in [-0.05, 0) is 30.2 Å². The molecule has 0 fully saturated rings. The predicted octanol–water partition coefficient (Wildman–Crippen LogP) is 2.98. The summed E-state index contributed by atoms with van der Waals surface area (Å²) in [6, 6.07) is 24.2. The number of rotatable bonds is 8. The highest BCUT2D eigenvalue weighted by atomic mass is 16.5. The SMILES string of the molecule is COc1ccc(C)cc1NC(=O)[C@H]([NH2+]C[C@@H](O)c1ccccc1)c1ccccc1. The van der Waals surface area contributed by atoms with E-state index < -0.39 is 12.1 Å². The zero-order valence-corrected chi connectivity index (χ0v) is 16.7. The van der Waals surface area contributed by atoms with Gasteiger partial charge in [-0.2, -0.15) is 0 Å². The molecule has 29 heavy (non-hydrogen) atoms. The van der Waals surface area contributed by atoms with Gasteiger partial charge in [0.2, 0.25) is 0 Å². The van der Waals surface area contributed by atoms with Crippen LogP contribution in [0.3, 0.4) is 0 Å². The maximum atomic E-state index is 13.2. The molecule has 5 heteroatoms. The maximum Gasteiger partial charge on any atom is 0.287 e. The molecule has 150 valence electrons. The van der Waals surface area contributed by atoms with Crippen molar-refractivity contribution < 1.29 is 20.0 Å². The van der Waals surface area contributed by atoms with Crippen LogP contribution in [0.25, 0.3) is 0 Å². The van der Waals surface area contributed by atoms with Crippen molar-refractivity contribution in [2.75, 3.05) is 19.0 Å². The largest absolute Gasteiger partial charge is 0.495 e. The molecule has 3 aromatic carbocycles. The van der Waals surface area contributed by atoms with E-state index in [0.717, 1.165) is 16.7 Å². The number of quaternary nitrogens is 1. The summed E-state index contributed by atoms with van der Waals surface area (Å²) in [7, 11) is 1.58. The van der Waals surface area contributed by atoms with E-state index in [0.29, 0.717) is 18.0 Å². The summed E-state index contributed by atoms with van der Waals surface area (Å²) in [5.74, 6) is 0.445. The molecule has 0 aromatic heterocycles. The molecule has 0 bridgehead atoms. The molecule has 5 nitrogen and oxygen atoms in total. The number of nitrogens with two attached hydrogens (primary N) is 1. The molecular formula is C24H27N2O3+. The molecule has 3 aromatic rings. The Morgan fingerprint density at radius 2 is 1.62 bits per heavy atom. The van der Waals surface area contributed by atoms with E-state index in [2.05, 4.69) is 5.32 Å². The van der Waals surface area contributed by atoms with Gasteiger partial charge in [0.15, 0.2) is 6.04 Å². The normalized spacial score (nSPS) is 12.8. The summed E-state index contributed by atoms with van der Waals surface area (Å²) in [5, 5.41) is 15.4. The number of carbonyl (C=O) groups is 1. The Kier molecular flexibility index (Phi) is 7.00. The van der Waals surface area contributed by atoms with E-state index in [1.165, 1.54) is 0 Å². The molecule has 3 rings (SSSR count). The van der Waals surface area contributed by atoms with E-state index in [4.69, 9.17) is 4.74 Å². The lowest BCUT2D eigenvalue weighted by atomic mass is 10.0. The van der Waals surface area contributed by atoms with E-state index in [1.54, 1.807) is 7.11 Å². The van der Waals surface area contributed by atoms with Gasteiger partial charge in [0.1, 0.15) is 18.4 Å². The fourth-order valence-electron chi connectivity index (χ4n) is 3.26. The molecule has 0 unspecified atom stereocenters. The summed E-state index contributed by atoms with van der Waals surface area (Å²) in [5.41, 5.74) is 3.37. The minimum absolute atomic E-state index is 0.166. The zero-order valence-electron chi connectivity index (χ0n) is 16.7. The van der Waals surface area contributed by atoms with Crippen molar-refractivity contribution in [2.24, 2.45) is 0 Å². The van der Waals surface area contributed by atoms with Gasteiger partial charge in [0.25, 0.3) is 5.91 Å². The quantitative estimate of drug-likeness (QED) is 0.553. The number of hydrogen-bond donors (Lipinski definition) is 3. The number of nitrogens with one attached hydrogen (secondary N) is 1. The Balaban J connectivity index is 1.79. The van der Waals surface area contributed by atoms with Crippen molar-refractivity contribution in [1.29, 1.82) is 0 Å². The third-order valence-electron chi connectivity index (χ3n) is 4.83. The van der Waals surface area contributed by atoms with Crippen LogP contribution in [0.5, 0.6) is 5.75 Å². The van der Waals surface area contributed by atoms with E-state index in [-0.39, 0.29) is 5.91 Å². The number of anilines is 1. The second-order valence-corrected chi connectivity index (χ2v) is 6.98. The van der Waals surface area contributed by atoms with Crippen LogP contribution in [0.1, 0.15) is 28.8 Å². The van der Waals surface area contributed by atoms with Gasteiger partial charge in [-0.1, -0.05) is 66.7 Å². The van der Waals surface area contributed by atoms with Crippen LogP contribution in [0.2, 0.25) is 0 Å². The topological polar surface area (TPSA) is 75.2 Å². The smallest absolute Gasteiger partial charge is 0.287 e. The Labute approximate surface area is 171 Å². The van der Waals surface area contributed by atoms with Crippen molar-refractivity contribution in [3.63, 3.8) is 0 Å². The lowest BCUT2D eigenvalue weighted by Crippen LogP contribution is -2.88. The average molecular weight is 391 g/mol. The summed E-state index contributed by atoms with van der Waals surface area (Å²) in [6.07, 6.45) is -0.663. The van der Waals surface area contributed by atoms with Gasteiger partial charge in [-0.3, -0.25) is 4.79 Å². The van der Waals surface area contributed by atoms with Crippen LogP contribution in [0, 0.1) is 6.92 Å². The van der Waals surface area contributed by atoms with E-state index in [1.807, 2.05) is 91.1 Å². The molecule has 0 aliphatic heterocycles. The van der Waals surface area contributed by atoms with Gasteiger partial charge in [0, 0.05) is 5.56 Å². The van der Waals surface area contributed by atoms with Crippen LogP contribution in [-0.4, -0.2) is 24.7 Å². The second kappa shape index (κ2) is 9.87. The van der Waals surface area contributed by atoms with Crippen molar-refractivity contribution in [3.8, 4) is 5.75 Å². The van der Waals surface area contributed by atoms with E-state index >= 15 is 0 Å². The first kappa shape index (κ1) is 20.6. The number of methoxy groups -OCH3 is 1. The van der Waals surface area contributed by atoms with Gasteiger partial charge in [-0.15, -0.1) is 0 Å². The second-order valence-electron chi connectivity index (χ2n) is 6.98. The van der Waals surface area contributed by atoms with Crippen molar-refractivity contribution in [3.05, 3.63) is 95.6 Å². The molecule has 0 radical (unpaired) electrons. The number of aliphatic hydroxyl groups is 1. The Morgan fingerprint density at radius 3 is 2.24 bits per heavy atom. The van der Waals surface area contributed by atoms with Crippen LogP contribution in [0.15, 0.2) is 78.9 Å². The molecule has 0 saturated carbocycles. The van der Waals surface area contributed by atoms with Crippen LogP contribution < -0.4 is 15.4 Å². The molecule has 2 atom stereocenters. The number of benzene rings is 3. The summed E-state index contributed by atoms with van der Waals surface area (Å²) < 4.78 is 5.38. The number of ether oxygens (including phenoxy) is 1. The minimum Gasteiger partial charge on any atom is -0.495 e. The fraction of sp³-hybridized carbons (Fsp3) is 0.208. The first-order valence-corrected chi connectivity index (χ1v) is 9.65. The van der Waals surface area contributed by atoms with Crippen LogP contribution in [0.4, 0.5) is 5.69 Å².